The van der Waals surface area contributed by atoms with Gasteiger partial charge < -0.3 is 9.72 Å². The van der Waals surface area contributed by atoms with Crippen LogP contribution < -0.4 is 5.32 Å². The second-order valence-corrected chi connectivity index (χ2v) is 5.52. The van der Waals surface area contributed by atoms with Crippen LogP contribution in [0.1, 0.15) is 12.5 Å². The average Bonchev–Trinajstić information content (AvgIpc) is 2.90. The number of aryl methyl sites for hydroxylation is 1. The number of imidazole rings is 1. The predicted octanol–water partition coefficient (Wildman–Crippen LogP) is 3.62. The van der Waals surface area contributed by atoms with Crippen LogP contribution in [0.3, 0.4) is 0 Å². The van der Waals surface area contributed by atoms with Gasteiger partial charge in [0.15, 0.2) is 5.65 Å². The molecule has 2 aromatic heterocycles. The molecule has 3 aromatic rings. The van der Waals surface area contributed by atoms with Crippen molar-refractivity contribution < 1.29 is 0 Å². The minimum Gasteiger partial charge on any atom is -0.369 e. The van der Waals surface area contributed by atoms with Crippen molar-refractivity contribution in [2.45, 2.75) is 23.8 Å². The van der Waals surface area contributed by atoms with Gasteiger partial charge in [0.25, 0.3) is 0 Å². The molecule has 0 fully saturated rings. The van der Waals surface area contributed by atoms with Gasteiger partial charge >= 0.3 is 0 Å². The largest absolute Gasteiger partial charge is 0.369 e. The Morgan fingerprint density at radius 1 is 1.30 bits per heavy atom. The van der Waals surface area contributed by atoms with Gasteiger partial charge in [0.1, 0.15) is 10.8 Å². The summed E-state index contributed by atoms with van der Waals surface area (Å²) in [5, 5.41) is 4.18. The molecule has 0 bridgehead atoms. The van der Waals surface area contributed by atoms with E-state index in [-0.39, 0.29) is 0 Å². The minimum absolute atomic E-state index is 0.849. The van der Waals surface area contributed by atoms with E-state index in [1.807, 2.05) is 28.9 Å². The Hall–Kier alpha value is -2.01. The Labute approximate surface area is 122 Å². The topological polar surface area (TPSA) is 42.2 Å². The van der Waals surface area contributed by atoms with Gasteiger partial charge in [-0.2, -0.15) is 0 Å². The summed E-state index contributed by atoms with van der Waals surface area (Å²) in [6.45, 7) is 5.02. The molecule has 0 aliphatic heterocycles. The van der Waals surface area contributed by atoms with Crippen LogP contribution in [-0.2, 0) is 0 Å². The summed E-state index contributed by atoms with van der Waals surface area (Å²) in [6.07, 6.45) is 5.71. The molecule has 4 nitrogen and oxygen atoms in total. The number of benzene rings is 1. The fourth-order valence-electron chi connectivity index (χ4n) is 2.01. The zero-order valence-electron chi connectivity index (χ0n) is 11.5. The first-order valence-corrected chi connectivity index (χ1v) is 7.40. The minimum atomic E-state index is 0.849. The van der Waals surface area contributed by atoms with E-state index in [4.69, 9.17) is 0 Å². The number of fused-ring (bicyclic) bond motifs is 1. The molecule has 0 radical (unpaired) electrons. The molecule has 0 unspecified atom stereocenters. The van der Waals surface area contributed by atoms with Gasteiger partial charge in [0, 0.05) is 23.8 Å². The zero-order chi connectivity index (χ0) is 13.9. The Morgan fingerprint density at radius 3 is 2.95 bits per heavy atom. The van der Waals surface area contributed by atoms with Crippen LogP contribution in [-0.4, -0.2) is 20.9 Å². The van der Waals surface area contributed by atoms with E-state index in [9.17, 15) is 0 Å². The number of hydrogen-bond acceptors (Lipinski definition) is 4. The number of anilines is 1. The maximum absolute atomic E-state index is 4.67. The van der Waals surface area contributed by atoms with Crippen LogP contribution in [0, 0.1) is 6.92 Å². The molecule has 0 amide bonds. The van der Waals surface area contributed by atoms with E-state index in [1.165, 1.54) is 10.5 Å². The lowest BCUT2D eigenvalue weighted by molar-refractivity contribution is 1.01. The van der Waals surface area contributed by atoms with Gasteiger partial charge in [0.05, 0.1) is 6.20 Å². The van der Waals surface area contributed by atoms with E-state index in [2.05, 4.69) is 41.3 Å². The number of nitrogens with zero attached hydrogens (tertiary/aromatic N) is 3. The summed E-state index contributed by atoms with van der Waals surface area (Å²) >= 11 is 1.65. The van der Waals surface area contributed by atoms with Crippen molar-refractivity contribution >= 4 is 23.2 Å². The smallest absolute Gasteiger partial charge is 0.170 e. The van der Waals surface area contributed by atoms with Crippen molar-refractivity contribution in [3.8, 4) is 0 Å². The first kappa shape index (κ1) is 13.0. The number of rotatable bonds is 4. The average molecular weight is 284 g/mol. The van der Waals surface area contributed by atoms with E-state index in [0.717, 1.165) is 23.0 Å². The van der Waals surface area contributed by atoms with Crippen LogP contribution in [0.2, 0.25) is 0 Å². The third-order valence-electron chi connectivity index (χ3n) is 3.00. The molecule has 3 rings (SSSR count). The molecule has 0 aliphatic carbocycles. The number of nitrogens with one attached hydrogen (secondary N) is 1. The Balaban J connectivity index is 2.05. The van der Waals surface area contributed by atoms with Gasteiger partial charge in [-0.05, 0) is 25.5 Å². The van der Waals surface area contributed by atoms with Gasteiger partial charge in [-0.15, -0.1) is 0 Å². The lowest BCUT2D eigenvalue weighted by Gasteiger charge is -2.09. The molecule has 1 aromatic carbocycles. The normalized spacial score (nSPS) is 10.9. The lowest BCUT2D eigenvalue weighted by atomic mass is 10.2. The summed E-state index contributed by atoms with van der Waals surface area (Å²) in [4.78, 5) is 10.3. The Kier molecular flexibility index (Phi) is 3.60. The standard InChI is InChI=1S/C15H16N4S/c1-3-16-13-10-19-9-8-17-14(19)15(18-13)20-12-7-5-4-6-11(12)2/h4-10,16H,3H2,1-2H3. The summed E-state index contributed by atoms with van der Waals surface area (Å²) in [5.74, 6) is 0.870. The van der Waals surface area contributed by atoms with E-state index in [1.54, 1.807) is 18.0 Å². The quantitative estimate of drug-likeness (QED) is 0.794. The van der Waals surface area contributed by atoms with E-state index >= 15 is 0 Å². The summed E-state index contributed by atoms with van der Waals surface area (Å²) in [5.41, 5.74) is 2.14. The van der Waals surface area contributed by atoms with Crippen molar-refractivity contribution in [1.82, 2.24) is 14.4 Å². The highest BCUT2D eigenvalue weighted by molar-refractivity contribution is 7.99. The number of hydrogen-bond donors (Lipinski definition) is 1. The molecular formula is C15H16N4S. The van der Waals surface area contributed by atoms with Crippen molar-refractivity contribution in [3.05, 3.63) is 48.4 Å². The van der Waals surface area contributed by atoms with E-state index < -0.39 is 0 Å². The van der Waals surface area contributed by atoms with Gasteiger partial charge in [0.2, 0.25) is 0 Å². The Bertz CT molecular complexity index is 736. The van der Waals surface area contributed by atoms with Gasteiger partial charge in [-0.1, -0.05) is 30.0 Å². The highest BCUT2D eigenvalue weighted by Gasteiger charge is 2.10. The molecule has 2 heterocycles. The molecule has 1 N–H and O–H groups in total. The second kappa shape index (κ2) is 5.54. The van der Waals surface area contributed by atoms with Crippen molar-refractivity contribution in [3.63, 3.8) is 0 Å². The van der Waals surface area contributed by atoms with Crippen LogP contribution >= 0.6 is 11.8 Å². The van der Waals surface area contributed by atoms with Crippen LogP contribution in [0.4, 0.5) is 5.82 Å². The second-order valence-electron chi connectivity index (χ2n) is 4.49. The van der Waals surface area contributed by atoms with Crippen LogP contribution in [0.25, 0.3) is 5.65 Å². The molecular weight excluding hydrogens is 268 g/mol. The molecule has 0 atom stereocenters. The van der Waals surface area contributed by atoms with Crippen molar-refractivity contribution in [2.75, 3.05) is 11.9 Å². The van der Waals surface area contributed by atoms with Crippen molar-refractivity contribution in [1.29, 1.82) is 0 Å². The molecule has 0 aliphatic rings. The first-order chi connectivity index (χ1) is 9.78. The van der Waals surface area contributed by atoms with Crippen LogP contribution in [0.15, 0.2) is 52.8 Å². The zero-order valence-corrected chi connectivity index (χ0v) is 12.3. The third kappa shape index (κ3) is 2.49. The Morgan fingerprint density at radius 2 is 2.15 bits per heavy atom. The predicted molar refractivity (Wildman–Crippen MR) is 82.5 cm³/mol. The van der Waals surface area contributed by atoms with Crippen LogP contribution in [0.5, 0.6) is 0 Å². The SMILES string of the molecule is CCNc1cn2ccnc2c(Sc2ccccc2C)n1. The highest BCUT2D eigenvalue weighted by atomic mass is 32.2. The summed E-state index contributed by atoms with van der Waals surface area (Å²) < 4.78 is 2.01. The maximum atomic E-state index is 4.67. The third-order valence-corrected chi connectivity index (χ3v) is 4.15. The molecule has 0 spiro atoms. The summed E-state index contributed by atoms with van der Waals surface area (Å²) in [7, 11) is 0. The van der Waals surface area contributed by atoms with E-state index in [0.29, 0.717) is 0 Å². The van der Waals surface area contributed by atoms with Gasteiger partial charge in [-0.3, -0.25) is 0 Å². The van der Waals surface area contributed by atoms with Gasteiger partial charge in [-0.25, -0.2) is 9.97 Å². The monoisotopic (exact) mass is 284 g/mol. The molecule has 5 heteroatoms. The molecule has 0 saturated heterocycles. The fourth-order valence-corrected chi connectivity index (χ4v) is 2.99. The fraction of sp³-hybridized carbons (Fsp3) is 0.200. The summed E-state index contributed by atoms with van der Waals surface area (Å²) in [6, 6.07) is 8.32. The number of aromatic nitrogens is 3. The van der Waals surface area contributed by atoms with Crippen molar-refractivity contribution in [2.24, 2.45) is 0 Å². The molecule has 0 saturated carbocycles. The maximum Gasteiger partial charge on any atom is 0.170 e. The lowest BCUT2D eigenvalue weighted by Crippen LogP contribution is -2.02. The molecule has 102 valence electrons. The first-order valence-electron chi connectivity index (χ1n) is 6.59. The molecule has 20 heavy (non-hydrogen) atoms. The highest BCUT2D eigenvalue weighted by Crippen LogP contribution is 2.31.